The van der Waals surface area contributed by atoms with Gasteiger partial charge in [-0.2, -0.15) is 0 Å². The second-order valence-electron chi connectivity index (χ2n) is 5.28. The number of hydrogen-bond acceptors (Lipinski definition) is 3. The first-order valence-electron chi connectivity index (χ1n) is 8.02. The van der Waals surface area contributed by atoms with Crippen LogP contribution in [0.3, 0.4) is 0 Å². The molecule has 0 bridgehead atoms. The zero-order chi connectivity index (χ0) is 16.7. The van der Waals surface area contributed by atoms with Crippen molar-refractivity contribution in [3.63, 3.8) is 0 Å². The second-order valence-corrected chi connectivity index (χ2v) is 5.69. The van der Waals surface area contributed by atoms with Crippen LogP contribution in [0.4, 0.5) is 0 Å². The molecule has 0 amide bonds. The maximum atomic E-state index is 6.35. The van der Waals surface area contributed by atoms with Crippen LogP contribution in [0.15, 0.2) is 42.5 Å². The Hall–Kier alpha value is -1.71. The van der Waals surface area contributed by atoms with E-state index in [1.54, 1.807) is 0 Å². The second kappa shape index (κ2) is 8.80. The molecule has 0 saturated heterocycles. The third-order valence-corrected chi connectivity index (χ3v) is 3.85. The standard InChI is InChI=1S/C19H24ClNO2/c1-4-22-18-12-15(11-17(20)19(18)23-5-2)13-21-14(3)16-9-7-6-8-10-16/h6-12,14,21H,4-5,13H2,1-3H3/t14-/m1/s1. The molecule has 0 aromatic heterocycles. The van der Waals surface area contributed by atoms with Gasteiger partial charge in [-0.05, 0) is 44.0 Å². The van der Waals surface area contributed by atoms with E-state index >= 15 is 0 Å². The highest BCUT2D eigenvalue weighted by Gasteiger charge is 2.13. The number of nitrogens with one attached hydrogen (secondary N) is 1. The first-order valence-corrected chi connectivity index (χ1v) is 8.39. The lowest BCUT2D eigenvalue weighted by atomic mass is 10.1. The van der Waals surface area contributed by atoms with Gasteiger partial charge < -0.3 is 14.8 Å². The maximum Gasteiger partial charge on any atom is 0.179 e. The van der Waals surface area contributed by atoms with Crippen molar-refractivity contribution < 1.29 is 9.47 Å². The van der Waals surface area contributed by atoms with Gasteiger partial charge in [-0.25, -0.2) is 0 Å². The topological polar surface area (TPSA) is 30.5 Å². The molecule has 1 atom stereocenters. The average Bonchev–Trinajstić information content (AvgIpc) is 2.57. The summed E-state index contributed by atoms with van der Waals surface area (Å²) in [5, 5.41) is 4.09. The molecule has 0 fully saturated rings. The normalized spacial score (nSPS) is 12.0. The molecule has 4 heteroatoms. The number of ether oxygens (including phenoxy) is 2. The Morgan fingerprint density at radius 2 is 1.74 bits per heavy atom. The predicted molar refractivity (Wildman–Crippen MR) is 95.5 cm³/mol. The molecule has 0 unspecified atom stereocenters. The van der Waals surface area contributed by atoms with Crippen LogP contribution in [0, 0.1) is 0 Å². The van der Waals surface area contributed by atoms with Crippen molar-refractivity contribution in [1.82, 2.24) is 5.32 Å². The Bertz CT molecular complexity index is 616. The third kappa shape index (κ3) is 4.88. The third-order valence-electron chi connectivity index (χ3n) is 3.57. The quantitative estimate of drug-likeness (QED) is 0.738. The maximum absolute atomic E-state index is 6.35. The SMILES string of the molecule is CCOc1cc(CN[C@H](C)c2ccccc2)cc(Cl)c1OCC. The molecule has 0 aliphatic carbocycles. The van der Waals surface area contributed by atoms with Crippen LogP contribution in [0.25, 0.3) is 0 Å². The largest absolute Gasteiger partial charge is 0.490 e. The lowest BCUT2D eigenvalue weighted by molar-refractivity contribution is 0.287. The van der Waals surface area contributed by atoms with Crippen LogP contribution in [0.5, 0.6) is 11.5 Å². The van der Waals surface area contributed by atoms with E-state index in [-0.39, 0.29) is 6.04 Å². The van der Waals surface area contributed by atoms with Crippen LogP contribution in [-0.4, -0.2) is 13.2 Å². The van der Waals surface area contributed by atoms with E-state index < -0.39 is 0 Å². The van der Waals surface area contributed by atoms with Crippen LogP contribution >= 0.6 is 11.6 Å². The first kappa shape index (κ1) is 17.6. The highest BCUT2D eigenvalue weighted by atomic mass is 35.5. The molecule has 2 aromatic rings. The van der Waals surface area contributed by atoms with Gasteiger partial charge in [0.1, 0.15) is 0 Å². The summed E-state index contributed by atoms with van der Waals surface area (Å²) < 4.78 is 11.3. The van der Waals surface area contributed by atoms with E-state index in [4.69, 9.17) is 21.1 Å². The molecule has 0 saturated carbocycles. The van der Waals surface area contributed by atoms with E-state index in [0.29, 0.717) is 36.3 Å². The number of rotatable bonds is 8. The van der Waals surface area contributed by atoms with Gasteiger partial charge in [0.25, 0.3) is 0 Å². The molecule has 1 N–H and O–H groups in total. The molecule has 0 aliphatic heterocycles. The lowest BCUT2D eigenvalue weighted by Crippen LogP contribution is -2.18. The van der Waals surface area contributed by atoms with Crippen molar-refractivity contribution in [2.75, 3.05) is 13.2 Å². The fourth-order valence-electron chi connectivity index (χ4n) is 2.40. The highest BCUT2D eigenvalue weighted by Crippen LogP contribution is 2.36. The van der Waals surface area contributed by atoms with Crippen molar-refractivity contribution in [2.45, 2.75) is 33.4 Å². The Balaban J connectivity index is 2.10. The number of halogens is 1. The van der Waals surface area contributed by atoms with Crippen LogP contribution < -0.4 is 14.8 Å². The van der Waals surface area contributed by atoms with E-state index in [1.165, 1.54) is 5.56 Å². The Kier molecular flexibility index (Phi) is 6.75. The molecule has 3 nitrogen and oxygen atoms in total. The summed E-state index contributed by atoms with van der Waals surface area (Å²) in [5.41, 5.74) is 2.33. The van der Waals surface area contributed by atoms with E-state index in [9.17, 15) is 0 Å². The smallest absolute Gasteiger partial charge is 0.179 e. The molecule has 124 valence electrons. The van der Waals surface area contributed by atoms with Crippen molar-refractivity contribution in [1.29, 1.82) is 0 Å². The molecule has 0 heterocycles. The fourth-order valence-corrected chi connectivity index (χ4v) is 2.69. The van der Waals surface area contributed by atoms with Crippen LogP contribution in [-0.2, 0) is 6.54 Å². The highest BCUT2D eigenvalue weighted by molar-refractivity contribution is 6.32. The summed E-state index contributed by atoms with van der Waals surface area (Å²) in [6.07, 6.45) is 0. The van der Waals surface area contributed by atoms with E-state index in [2.05, 4.69) is 36.5 Å². The van der Waals surface area contributed by atoms with Crippen molar-refractivity contribution in [3.8, 4) is 11.5 Å². The number of benzene rings is 2. The summed E-state index contributed by atoms with van der Waals surface area (Å²) in [7, 11) is 0. The Morgan fingerprint density at radius 3 is 2.39 bits per heavy atom. The minimum atomic E-state index is 0.261. The predicted octanol–water partition coefficient (Wildman–Crippen LogP) is 4.99. The molecule has 2 aromatic carbocycles. The molecule has 2 rings (SSSR count). The van der Waals surface area contributed by atoms with Gasteiger partial charge in [0.15, 0.2) is 11.5 Å². The van der Waals surface area contributed by atoms with Gasteiger partial charge in [0.2, 0.25) is 0 Å². The van der Waals surface area contributed by atoms with Crippen molar-refractivity contribution in [3.05, 3.63) is 58.6 Å². The molecule has 23 heavy (non-hydrogen) atoms. The minimum absolute atomic E-state index is 0.261. The molecule has 0 aliphatic rings. The van der Waals surface area contributed by atoms with Crippen molar-refractivity contribution >= 4 is 11.6 Å². The van der Waals surface area contributed by atoms with E-state index in [1.807, 2.05) is 32.0 Å². The summed E-state index contributed by atoms with van der Waals surface area (Å²) >= 11 is 6.35. The monoisotopic (exact) mass is 333 g/mol. The number of hydrogen-bond donors (Lipinski definition) is 1. The zero-order valence-electron chi connectivity index (χ0n) is 13.9. The van der Waals surface area contributed by atoms with Gasteiger partial charge in [-0.1, -0.05) is 41.9 Å². The summed E-state index contributed by atoms with van der Waals surface area (Å²) in [6.45, 7) is 7.88. The van der Waals surface area contributed by atoms with Crippen LogP contribution in [0.2, 0.25) is 5.02 Å². The van der Waals surface area contributed by atoms with Gasteiger partial charge >= 0.3 is 0 Å². The first-order chi connectivity index (χ1) is 11.2. The van der Waals surface area contributed by atoms with Gasteiger partial charge in [0, 0.05) is 12.6 Å². The molecule has 0 spiro atoms. The van der Waals surface area contributed by atoms with Gasteiger partial charge in [-0.15, -0.1) is 0 Å². The fraction of sp³-hybridized carbons (Fsp3) is 0.368. The minimum Gasteiger partial charge on any atom is -0.490 e. The Labute approximate surface area is 143 Å². The summed E-state index contributed by atoms with van der Waals surface area (Å²) in [5.74, 6) is 1.32. The lowest BCUT2D eigenvalue weighted by Gasteiger charge is -2.17. The van der Waals surface area contributed by atoms with Crippen molar-refractivity contribution in [2.24, 2.45) is 0 Å². The van der Waals surface area contributed by atoms with Gasteiger partial charge in [0.05, 0.1) is 18.2 Å². The molecular weight excluding hydrogens is 310 g/mol. The molecule has 0 radical (unpaired) electrons. The van der Waals surface area contributed by atoms with E-state index in [0.717, 1.165) is 5.56 Å². The summed E-state index contributed by atoms with van der Waals surface area (Å²) in [4.78, 5) is 0. The molecular formula is C19H24ClNO2. The van der Waals surface area contributed by atoms with Gasteiger partial charge in [-0.3, -0.25) is 0 Å². The summed E-state index contributed by atoms with van der Waals surface area (Å²) in [6, 6.07) is 14.5. The average molecular weight is 334 g/mol. The zero-order valence-corrected chi connectivity index (χ0v) is 14.7. The van der Waals surface area contributed by atoms with Crippen LogP contribution in [0.1, 0.15) is 37.9 Å². The Morgan fingerprint density at radius 1 is 1.04 bits per heavy atom.